The molecule has 1 N–H and O–H groups in total. The summed E-state index contributed by atoms with van der Waals surface area (Å²) in [5.41, 5.74) is 1.46. The first-order valence-corrected chi connectivity index (χ1v) is 11.7. The number of nitrogens with zero attached hydrogens (tertiary/aromatic N) is 1. The molecular weight excluding hydrogens is 455 g/mol. The van der Waals surface area contributed by atoms with Crippen LogP contribution in [0.2, 0.25) is 10.0 Å². The topological polar surface area (TPSA) is 68.2 Å². The molecule has 0 saturated heterocycles. The summed E-state index contributed by atoms with van der Waals surface area (Å²) in [6, 6.07) is 20.4. The fraction of sp³-hybridized carbons (Fsp3) is 0.0870. The lowest BCUT2D eigenvalue weighted by Gasteiger charge is -2.08. The number of aromatic nitrogens is 1. The minimum atomic E-state index is -3.79. The van der Waals surface area contributed by atoms with Gasteiger partial charge in [0.25, 0.3) is 0 Å². The Hall–Kier alpha value is -2.80. The number of nitrogens with one attached hydrogen (secondary N) is 1. The van der Waals surface area contributed by atoms with Crippen molar-refractivity contribution in [1.29, 1.82) is 0 Å². The zero-order valence-corrected chi connectivity index (χ0v) is 18.6. The summed E-state index contributed by atoms with van der Waals surface area (Å²) in [5, 5.41) is 4.41. The molecule has 0 aliphatic carbocycles. The lowest BCUT2D eigenvalue weighted by atomic mass is 10.2. The lowest BCUT2D eigenvalue weighted by Crippen LogP contribution is -2.27. The molecule has 3 aromatic carbocycles. The quantitative estimate of drug-likeness (QED) is 0.424. The molecule has 0 radical (unpaired) electrons. The van der Waals surface area contributed by atoms with Gasteiger partial charge in [0.15, 0.2) is 0 Å². The molecule has 4 rings (SSSR count). The molecule has 158 valence electrons. The minimum Gasteiger partial charge on any atom is -0.350 e. The molecule has 0 unspecified atom stereocenters. The van der Waals surface area contributed by atoms with Crippen LogP contribution in [-0.2, 0) is 27.7 Å². The molecule has 4 aromatic rings. The van der Waals surface area contributed by atoms with E-state index in [1.165, 1.54) is 30.5 Å². The van der Waals surface area contributed by atoms with Gasteiger partial charge in [-0.05, 0) is 42.0 Å². The van der Waals surface area contributed by atoms with Crippen LogP contribution in [0.1, 0.15) is 5.56 Å². The van der Waals surface area contributed by atoms with E-state index in [0.29, 0.717) is 20.9 Å². The van der Waals surface area contributed by atoms with Gasteiger partial charge in [0, 0.05) is 33.7 Å². The van der Waals surface area contributed by atoms with E-state index >= 15 is 0 Å². The van der Waals surface area contributed by atoms with Gasteiger partial charge < -0.3 is 9.88 Å². The van der Waals surface area contributed by atoms with Gasteiger partial charge in [-0.3, -0.25) is 4.79 Å². The monoisotopic (exact) mass is 472 g/mol. The molecule has 1 aromatic heterocycles. The van der Waals surface area contributed by atoms with E-state index in [1.54, 1.807) is 34.9 Å². The normalized spacial score (nSPS) is 11.5. The van der Waals surface area contributed by atoms with Gasteiger partial charge in [0.05, 0.1) is 9.79 Å². The average Bonchev–Trinajstić information content (AvgIpc) is 3.13. The van der Waals surface area contributed by atoms with E-state index in [-0.39, 0.29) is 28.8 Å². The third kappa shape index (κ3) is 4.46. The molecule has 8 heteroatoms. The van der Waals surface area contributed by atoms with Crippen LogP contribution in [0.15, 0.2) is 88.8 Å². The van der Waals surface area contributed by atoms with Crippen molar-refractivity contribution in [2.45, 2.75) is 22.9 Å². The molecule has 0 fully saturated rings. The van der Waals surface area contributed by atoms with Gasteiger partial charge >= 0.3 is 0 Å². The van der Waals surface area contributed by atoms with E-state index in [4.69, 9.17) is 23.2 Å². The van der Waals surface area contributed by atoms with Crippen LogP contribution >= 0.6 is 23.2 Å². The second kappa shape index (κ2) is 8.75. The SMILES string of the molecule is O=C(Cn1cc(S(=O)(=O)c2ccc(Cl)cc2)c2ccccc21)NCc1ccccc1Cl. The molecular formula is C23H18Cl2N2O3S. The Kier molecular flexibility index (Phi) is 6.05. The highest BCUT2D eigenvalue weighted by Gasteiger charge is 2.23. The molecule has 0 atom stereocenters. The number of para-hydroxylation sites is 1. The Labute approximate surface area is 190 Å². The van der Waals surface area contributed by atoms with Crippen LogP contribution in [-0.4, -0.2) is 18.9 Å². The lowest BCUT2D eigenvalue weighted by molar-refractivity contribution is -0.121. The molecule has 0 saturated carbocycles. The predicted octanol–water partition coefficient (Wildman–Crippen LogP) is 5.10. The van der Waals surface area contributed by atoms with Crippen LogP contribution in [0.3, 0.4) is 0 Å². The van der Waals surface area contributed by atoms with Gasteiger partial charge in [0.1, 0.15) is 6.54 Å². The van der Waals surface area contributed by atoms with E-state index in [2.05, 4.69) is 5.32 Å². The first-order chi connectivity index (χ1) is 14.9. The Balaban J connectivity index is 1.63. The molecule has 31 heavy (non-hydrogen) atoms. The molecule has 0 spiro atoms. The van der Waals surface area contributed by atoms with Crippen LogP contribution in [0, 0.1) is 0 Å². The van der Waals surface area contributed by atoms with Crippen LogP contribution < -0.4 is 5.32 Å². The smallest absolute Gasteiger partial charge is 0.240 e. The predicted molar refractivity (Wildman–Crippen MR) is 122 cm³/mol. The number of benzene rings is 3. The fourth-order valence-corrected chi connectivity index (χ4v) is 5.15. The van der Waals surface area contributed by atoms with Crippen molar-refractivity contribution in [3.05, 3.63) is 94.6 Å². The van der Waals surface area contributed by atoms with Crippen molar-refractivity contribution in [1.82, 2.24) is 9.88 Å². The summed E-state index contributed by atoms with van der Waals surface area (Å²) >= 11 is 12.0. The highest BCUT2D eigenvalue weighted by atomic mass is 35.5. The van der Waals surface area contributed by atoms with E-state index in [9.17, 15) is 13.2 Å². The highest BCUT2D eigenvalue weighted by Crippen LogP contribution is 2.30. The Morgan fingerprint density at radius 2 is 1.58 bits per heavy atom. The number of carbonyl (C=O) groups is 1. The first kappa shape index (κ1) is 21.4. The molecule has 5 nitrogen and oxygen atoms in total. The second-order valence-electron chi connectivity index (χ2n) is 6.96. The summed E-state index contributed by atoms with van der Waals surface area (Å²) in [5.74, 6) is -0.254. The summed E-state index contributed by atoms with van der Waals surface area (Å²) in [6.45, 7) is 0.259. The Bertz CT molecular complexity index is 1360. The van der Waals surface area contributed by atoms with Gasteiger partial charge in [-0.15, -0.1) is 0 Å². The van der Waals surface area contributed by atoms with Crippen molar-refractivity contribution in [3.8, 4) is 0 Å². The van der Waals surface area contributed by atoms with Crippen molar-refractivity contribution >= 4 is 49.8 Å². The largest absolute Gasteiger partial charge is 0.350 e. The molecule has 0 aliphatic heterocycles. The van der Waals surface area contributed by atoms with Crippen molar-refractivity contribution in [2.24, 2.45) is 0 Å². The van der Waals surface area contributed by atoms with Crippen molar-refractivity contribution in [3.63, 3.8) is 0 Å². The fourth-order valence-electron chi connectivity index (χ4n) is 3.34. The van der Waals surface area contributed by atoms with Gasteiger partial charge in [-0.1, -0.05) is 59.6 Å². The number of hydrogen-bond donors (Lipinski definition) is 1. The number of amides is 1. The molecule has 1 heterocycles. The third-order valence-electron chi connectivity index (χ3n) is 4.91. The second-order valence-corrected chi connectivity index (χ2v) is 9.73. The summed E-state index contributed by atoms with van der Waals surface area (Å²) in [4.78, 5) is 12.9. The third-order valence-corrected chi connectivity index (χ3v) is 7.33. The van der Waals surface area contributed by atoms with Crippen LogP contribution in [0.25, 0.3) is 10.9 Å². The summed E-state index contributed by atoms with van der Waals surface area (Å²) in [7, 11) is -3.79. The van der Waals surface area contributed by atoms with Crippen LogP contribution in [0.5, 0.6) is 0 Å². The maximum atomic E-state index is 13.2. The standard InChI is InChI=1S/C23H18Cl2N2O3S/c24-17-9-11-18(12-10-17)31(29,30)22-14-27(21-8-4-2-6-19(21)22)15-23(28)26-13-16-5-1-3-7-20(16)25/h1-12,14H,13,15H2,(H,26,28). The summed E-state index contributed by atoms with van der Waals surface area (Å²) in [6.07, 6.45) is 1.50. The number of sulfone groups is 1. The number of halogens is 2. The minimum absolute atomic E-state index is 0.0267. The first-order valence-electron chi connectivity index (χ1n) is 9.45. The summed E-state index contributed by atoms with van der Waals surface area (Å²) < 4.78 is 28.1. The number of rotatable bonds is 6. The highest BCUT2D eigenvalue weighted by molar-refractivity contribution is 7.91. The Morgan fingerprint density at radius 3 is 2.32 bits per heavy atom. The van der Waals surface area contributed by atoms with Gasteiger partial charge in [-0.25, -0.2) is 8.42 Å². The van der Waals surface area contributed by atoms with Gasteiger partial charge in [-0.2, -0.15) is 0 Å². The molecule has 0 aliphatic rings. The molecule has 1 amide bonds. The maximum Gasteiger partial charge on any atom is 0.240 e. The number of hydrogen-bond acceptors (Lipinski definition) is 3. The van der Waals surface area contributed by atoms with Gasteiger partial charge in [0.2, 0.25) is 15.7 Å². The Morgan fingerprint density at radius 1 is 0.903 bits per heavy atom. The van der Waals surface area contributed by atoms with E-state index < -0.39 is 9.84 Å². The van der Waals surface area contributed by atoms with E-state index in [0.717, 1.165) is 5.56 Å². The average molecular weight is 473 g/mol. The van der Waals surface area contributed by atoms with Crippen molar-refractivity contribution < 1.29 is 13.2 Å². The zero-order chi connectivity index (χ0) is 22.0. The number of fused-ring (bicyclic) bond motifs is 1. The number of carbonyl (C=O) groups excluding carboxylic acids is 1. The van der Waals surface area contributed by atoms with E-state index in [1.807, 2.05) is 18.2 Å². The van der Waals surface area contributed by atoms with Crippen molar-refractivity contribution in [2.75, 3.05) is 0 Å². The maximum absolute atomic E-state index is 13.2. The molecule has 0 bridgehead atoms. The zero-order valence-electron chi connectivity index (χ0n) is 16.3. The van der Waals surface area contributed by atoms with Crippen LogP contribution in [0.4, 0.5) is 0 Å².